The summed E-state index contributed by atoms with van der Waals surface area (Å²) in [6, 6.07) is 13.3. The minimum absolute atomic E-state index is 0.233. The van der Waals surface area contributed by atoms with Crippen LogP contribution in [0.1, 0.15) is 32.6 Å². The van der Waals surface area contributed by atoms with Crippen molar-refractivity contribution in [3.8, 4) is 34.1 Å². The lowest BCUT2D eigenvalue weighted by atomic mass is 9.92. The Balaban J connectivity index is 1.78. The van der Waals surface area contributed by atoms with Gasteiger partial charge in [0.25, 0.3) is 5.91 Å². The van der Waals surface area contributed by atoms with E-state index in [1.165, 1.54) is 40.6 Å². The van der Waals surface area contributed by atoms with E-state index in [4.69, 9.17) is 18.9 Å². The molecular weight excluding hydrogens is 537 g/mol. The molecule has 1 heterocycles. The minimum Gasteiger partial charge on any atom is -0.492 e. The van der Waals surface area contributed by atoms with Crippen LogP contribution in [0.15, 0.2) is 67.0 Å². The Hall–Kier alpha value is -4.73. The maximum Gasteiger partial charge on any atom is 0.416 e. The molecule has 0 aliphatic rings. The van der Waals surface area contributed by atoms with E-state index in [-0.39, 0.29) is 5.69 Å². The number of carbonyl (C=O) groups excluding carboxylic acids is 1. The highest BCUT2D eigenvalue weighted by Gasteiger charge is 2.30. The molecule has 0 bridgehead atoms. The third-order valence-electron chi connectivity index (χ3n) is 6.67. The lowest BCUT2D eigenvalue weighted by Crippen LogP contribution is -2.14. The fraction of sp³-hybridized carbons (Fsp3) is 0.226. The molecule has 4 aromatic rings. The Bertz CT molecular complexity index is 1540. The summed E-state index contributed by atoms with van der Waals surface area (Å²) in [6.07, 6.45) is -0.893. The number of anilines is 1. The van der Waals surface area contributed by atoms with Crippen LogP contribution in [0.5, 0.6) is 23.0 Å². The Kier molecular flexibility index (Phi) is 8.71. The number of halogens is 3. The molecule has 0 aliphatic carbocycles. The van der Waals surface area contributed by atoms with Gasteiger partial charge in [-0.15, -0.1) is 0 Å². The van der Waals surface area contributed by atoms with Crippen molar-refractivity contribution in [2.45, 2.75) is 19.5 Å². The molecule has 3 aromatic carbocycles. The molecule has 4 rings (SSSR count). The second kappa shape index (κ2) is 12.2. The van der Waals surface area contributed by atoms with E-state index in [0.29, 0.717) is 40.5 Å². The van der Waals surface area contributed by atoms with E-state index >= 15 is 0 Å². The number of carbonyl (C=O) groups is 1. The van der Waals surface area contributed by atoms with Gasteiger partial charge >= 0.3 is 6.18 Å². The van der Waals surface area contributed by atoms with E-state index < -0.39 is 17.6 Å². The maximum atomic E-state index is 13.5. The quantitative estimate of drug-likeness (QED) is 0.236. The van der Waals surface area contributed by atoms with Crippen molar-refractivity contribution in [2.24, 2.45) is 0 Å². The van der Waals surface area contributed by atoms with Crippen LogP contribution in [-0.2, 0) is 12.6 Å². The number of nitrogens with zero attached hydrogens (tertiary/aromatic N) is 1. The molecule has 214 valence electrons. The summed E-state index contributed by atoms with van der Waals surface area (Å²) in [5, 5.41) is 2.72. The van der Waals surface area contributed by atoms with Crippen LogP contribution in [0.25, 0.3) is 11.1 Å². The van der Waals surface area contributed by atoms with Gasteiger partial charge in [0.1, 0.15) is 0 Å². The van der Waals surface area contributed by atoms with E-state index in [2.05, 4.69) is 10.3 Å². The molecule has 0 unspecified atom stereocenters. The zero-order chi connectivity index (χ0) is 29.7. The van der Waals surface area contributed by atoms with Crippen LogP contribution < -0.4 is 24.3 Å². The molecule has 1 amide bonds. The number of aromatic nitrogens is 1. The number of pyridine rings is 1. The SMILES string of the molecule is COc1c(C)c(Cc2ccc(-c3ccncc3)c(C(=O)Nc3ccc(C(F)(F)F)cc3)c2)c(OC)c(OC)c1OC. The molecule has 0 radical (unpaired) electrons. The third kappa shape index (κ3) is 6.06. The fourth-order valence-corrected chi connectivity index (χ4v) is 4.68. The van der Waals surface area contributed by atoms with Gasteiger partial charge in [0, 0.05) is 41.2 Å². The summed E-state index contributed by atoms with van der Waals surface area (Å²) < 4.78 is 61.5. The predicted molar refractivity (Wildman–Crippen MR) is 149 cm³/mol. The van der Waals surface area contributed by atoms with E-state index in [9.17, 15) is 18.0 Å². The van der Waals surface area contributed by atoms with E-state index in [0.717, 1.165) is 34.4 Å². The van der Waals surface area contributed by atoms with Crippen LogP contribution in [0.4, 0.5) is 18.9 Å². The fourth-order valence-electron chi connectivity index (χ4n) is 4.68. The first-order valence-corrected chi connectivity index (χ1v) is 12.5. The average Bonchev–Trinajstić information content (AvgIpc) is 2.97. The molecule has 7 nitrogen and oxygen atoms in total. The smallest absolute Gasteiger partial charge is 0.416 e. The molecule has 0 aliphatic heterocycles. The molecule has 1 N–H and O–H groups in total. The first kappa shape index (κ1) is 29.3. The number of hydrogen-bond donors (Lipinski definition) is 1. The summed E-state index contributed by atoms with van der Waals surface area (Å²) in [7, 11) is 6.08. The van der Waals surface area contributed by atoms with Gasteiger partial charge in [-0.05, 0) is 66.1 Å². The van der Waals surface area contributed by atoms with E-state index in [1.54, 1.807) is 30.6 Å². The van der Waals surface area contributed by atoms with E-state index in [1.807, 2.05) is 19.1 Å². The van der Waals surface area contributed by atoms with Gasteiger partial charge in [-0.2, -0.15) is 13.2 Å². The summed E-state index contributed by atoms with van der Waals surface area (Å²) >= 11 is 0. The number of alkyl halides is 3. The standard InChI is InChI=1S/C31H29F3N2O5/c1-18-24(27(39-3)29(41-5)28(40-4)26(18)38-2)16-19-6-11-23(20-12-14-35-15-13-20)25(17-19)30(37)36-22-9-7-21(8-10-22)31(32,33)34/h6-15,17H,16H2,1-5H3,(H,36,37). The largest absolute Gasteiger partial charge is 0.492 e. The normalized spacial score (nSPS) is 11.1. The van der Waals surface area contributed by atoms with Gasteiger partial charge < -0.3 is 24.3 Å². The van der Waals surface area contributed by atoms with Crippen molar-refractivity contribution in [1.29, 1.82) is 0 Å². The van der Waals surface area contributed by atoms with Crippen molar-refractivity contribution < 1.29 is 36.9 Å². The molecule has 0 fully saturated rings. The highest BCUT2D eigenvalue weighted by atomic mass is 19.4. The Morgan fingerprint density at radius 2 is 1.39 bits per heavy atom. The lowest BCUT2D eigenvalue weighted by molar-refractivity contribution is -0.137. The molecular formula is C31H29F3N2O5. The van der Waals surface area contributed by atoms with Crippen LogP contribution in [0, 0.1) is 6.92 Å². The van der Waals surface area contributed by atoms with Crippen LogP contribution in [0.2, 0.25) is 0 Å². The van der Waals surface area contributed by atoms with Crippen molar-refractivity contribution in [3.63, 3.8) is 0 Å². The second-order valence-electron chi connectivity index (χ2n) is 9.06. The number of nitrogens with one attached hydrogen (secondary N) is 1. The first-order chi connectivity index (χ1) is 19.6. The molecule has 0 saturated carbocycles. The average molecular weight is 567 g/mol. The number of benzene rings is 3. The number of methoxy groups -OCH3 is 4. The number of rotatable bonds is 9. The van der Waals surface area contributed by atoms with Gasteiger partial charge in [-0.3, -0.25) is 9.78 Å². The zero-order valence-electron chi connectivity index (χ0n) is 23.2. The van der Waals surface area contributed by atoms with Gasteiger partial charge in [-0.25, -0.2) is 0 Å². The summed E-state index contributed by atoms with van der Waals surface area (Å²) in [5.74, 6) is 1.26. The Morgan fingerprint density at radius 1 is 0.805 bits per heavy atom. The zero-order valence-corrected chi connectivity index (χ0v) is 23.2. The number of amides is 1. The van der Waals surface area contributed by atoms with Gasteiger partial charge in [0.15, 0.2) is 11.5 Å². The molecule has 0 atom stereocenters. The highest BCUT2D eigenvalue weighted by Crippen LogP contribution is 2.50. The second-order valence-corrected chi connectivity index (χ2v) is 9.06. The van der Waals surface area contributed by atoms with Crippen LogP contribution in [0.3, 0.4) is 0 Å². The molecule has 41 heavy (non-hydrogen) atoms. The monoisotopic (exact) mass is 566 g/mol. The van der Waals surface area contributed by atoms with Gasteiger partial charge in [0.05, 0.1) is 34.0 Å². The van der Waals surface area contributed by atoms with Crippen molar-refractivity contribution >= 4 is 11.6 Å². The van der Waals surface area contributed by atoms with Crippen LogP contribution in [-0.4, -0.2) is 39.3 Å². The van der Waals surface area contributed by atoms with Gasteiger partial charge in [-0.1, -0.05) is 12.1 Å². The van der Waals surface area contributed by atoms with Gasteiger partial charge in [0.2, 0.25) is 11.5 Å². The van der Waals surface area contributed by atoms with Crippen molar-refractivity contribution in [3.05, 3.63) is 94.8 Å². The lowest BCUT2D eigenvalue weighted by Gasteiger charge is -2.22. The molecule has 10 heteroatoms. The highest BCUT2D eigenvalue weighted by molar-refractivity contribution is 6.08. The first-order valence-electron chi connectivity index (χ1n) is 12.5. The Labute approximate surface area is 235 Å². The maximum absolute atomic E-state index is 13.5. The molecule has 0 spiro atoms. The summed E-state index contributed by atoms with van der Waals surface area (Å²) in [5.41, 5.74) is 3.47. The van der Waals surface area contributed by atoms with Crippen molar-refractivity contribution in [1.82, 2.24) is 4.98 Å². The number of hydrogen-bond acceptors (Lipinski definition) is 6. The molecule has 0 saturated heterocycles. The van der Waals surface area contributed by atoms with Crippen LogP contribution >= 0.6 is 0 Å². The summed E-state index contributed by atoms with van der Waals surface area (Å²) in [4.78, 5) is 17.6. The molecule has 1 aromatic heterocycles. The predicted octanol–water partition coefficient (Wildman–Crippen LogP) is 6.95. The minimum atomic E-state index is -4.47. The third-order valence-corrected chi connectivity index (χ3v) is 6.67. The summed E-state index contributed by atoms with van der Waals surface area (Å²) in [6.45, 7) is 1.88. The van der Waals surface area contributed by atoms with Crippen molar-refractivity contribution in [2.75, 3.05) is 33.8 Å². The topological polar surface area (TPSA) is 78.9 Å². The Morgan fingerprint density at radius 3 is 1.95 bits per heavy atom. The number of ether oxygens (including phenoxy) is 4.